The van der Waals surface area contributed by atoms with Crippen molar-refractivity contribution in [1.82, 2.24) is 10.6 Å². The Morgan fingerprint density at radius 2 is 2.30 bits per heavy atom. The molecule has 0 bridgehead atoms. The van der Waals surface area contributed by atoms with Gasteiger partial charge in [0.15, 0.2) is 5.11 Å². The predicted molar refractivity (Wildman–Crippen MR) is 43.8 cm³/mol. The molecule has 3 nitrogen and oxygen atoms in total. The standard InChI is InChI=1S/C6H12N2OS/c9-4-3-7-6(10)8-5-1-2-5/h5,9H,1-4H2,(H2,7,8,10). The minimum absolute atomic E-state index is 0.131. The minimum Gasteiger partial charge on any atom is -0.395 e. The van der Waals surface area contributed by atoms with Crippen molar-refractivity contribution in [2.75, 3.05) is 13.2 Å². The Kier molecular flexibility index (Phi) is 2.89. The first-order chi connectivity index (χ1) is 4.83. The molecule has 10 heavy (non-hydrogen) atoms. The Bertz CT molecular complexity index is 125. The fourth-order valence-electron chi connectivity index (χ4n) is 0.634. The van der Waals surface area contributed by atoms with Crippen LogP contribution in [0.2, 0.25) is 0 Å². The van der Waals surface area contributed by atoms with Gasteiger partial charge in [0.25, 0.3) is 0 Å². The Labute approximate surface area is 65.8 Å². The number of nitrogens with one attached hydrogen (secondary N) is 2. The summed E-state index contributed by atoms with van der Waals surface area (Å²) in [4.78, 5) is 0. The van der Waals surface area contributed by atoms with Crippen LogP contribution in [0, 0.1) is 0 Å². The maximum atomic E-state index is 8.41. The van der Waals surface area contributed by atoms with Gasteiger partial charge in [-0.15, -0.1) is 0 Å². The second-order valence-corrected chi connectivity index (χ2v) is 2.81. The van der Waals surface area contributed by atoms with Gasteiger partial charge in [0, 0.05) is 12.6 Å². The van der Waals surface area contributed by atoms with Crippen LogP contribution in [0.15, 0.2) is 0 Å². The van der Waals surface area contributed by atoms with E-state index in [0.29, 0.717) is 17.7 Å². The summed E-state index contributed by atoms with van der Waals surface area (Å²) in [6.45, 7) is 0.672. The monoisotopic (exact) mass is 160 g/mol. The fraction of sp³-hybridized carbons (Fsp3) is 0.833. The molecule has 0 atom stereocenters. The van der Waals surface area contributed by atoms with Crippen LogP contribution in [-0.2, 0) is 0 Å². The maximum absolute atomic E-state index is 8.41. The molecule has 3 N–H and O–H groups in total. The number of hydrogen-bond acceptors (Lipinski definition) is 2. The highest BCUT2D eigenvalue weighted by molar-refractivity contribution is 7.80. The molecular formula is C6H12N2OS. The lowest BCUT2D eigenvalue weighted by molar-refractivity contribution is 0.300. The van der Waals surface area contributed by atoms with E-state index in [1.807, 2.05) is 0 Å². The summed E-state index contributed by atoms with van der Waals surface area (Å²) in [5.74, 6) is 0. The van der Waals surface area contributed by atoms with E-state index >= 15 is 0 Å². The molecule has 1 saturated carbocycles. The van der Waals surface area contributed by atoms with Gasteiger partial charge in [-0.3, -0.25) is 0 Å². The van der Waals surface area contributed by atoms with Gasteiger partial charge in [-0.05, 0) is 25.1 Å². The topological polar surface area (TPSA) is 44.3 Å². The van der Waals surface area contributed by atoms with Crippen molar-refractivity contribution >= 4 is 17.3 Å². The van der Waals surface area contributed by atoms with E-state index in [-0.39, 0.29) is 6.61 Å². The molecule has 1 rings (SSSR count). The van der Waals surface area contributed by atoms with Gasteiger partial charge in [0.1, 0.15) is 0 Å². The van der Waals surface area contributed by atoms with E-state index in [1.165, 1.54) is 12.8 Å². The molecular weight excluding hydrogens is 148 g/mol. The molecule has 0 amide bonds. The van der Waals surface area contributed by atoms with Gasteiger partial charge in [-0.1, -0.05) is 0 Å². The molecule has 1 aliphatic carbocycles. The average molecular weight is 160 g/mol. The molecule has 4 heteroatoms. The third-order valence-electron chi connectivity index (χ3n) is 1.31. The summed E-state index contributed by atoms with van der Waals surface area (Å²) in [6, 6.07) is 0.596. The fourth-order valence-corrected chi connectivity index (χ4v) is 0.902. The molecule has 0 saturated heterocycles. The zero-order valence-corrected chi connectivity index (χ0v) is 6.58. The Morgan fingerprint density at radius 3 is 2.80 bits per heavy atom. The van der Waals surface area contributed by atoms with E-state index in [0.717, 1.165) is 0 Å². The van der Waals surface area contributed by atoms with Gasteiger partial charge in [-0.2, -0.15) is 0 Å². The maximum Gasteiger partial charge on any atom is 0.166 e. The van der Waals surface area contributed by atoms with E-state index in [2.05, 4.69) is 10.6 Å². The molecule has 0 heterocycles. The van der Waals surface area contributed by atoms with Crippen molar-refractivity contribution in [3.63, 3.8) is 0 Å². The lowest BCUT2D eigenvalue weighted by Crippen LogP contribution is -2.37. The normalized spacial score (nSPS) is 16.5. The van der Waals surface area contributed by atoms with E-state index in [4.69, 9.17) is 17.3 Å². The van der Waals surface area contributed by atoms with Gasteiger partial charge >= 0.3 is 0 Å². The number of aliphatic hydroxyl groups is 1. The second kappa shape index (κ2) is 3.73. The van der Waals surface area contributed by atoms with Crippen molar-refractivity contribution in [2.45, 2.75) is 18.9 Å². The smallest absolute Gasteiger partial charge is 0.166 e. The van der Waals surface area contributed by atoms with Crippen LogP contribution in [0.5, 0.6) is 0 Å². The van der Waals surface area contributed by atoms with Crippen molar-refractivity contribution in [3.8, 4) is 0 Å². The molecule has 58 valence electrons. The lowest BCUT2D eigenvalue weighted by atomic mass is 10.6. The molecule has 1 aliphatic rings. The van der Waals surface area contributed by atoms with Crippen LogP contribution in [0.3, 0.4) is 0 Å². The Balaban J connectivity index is 1.97. The number of rotatable bonds is 3. The van der Waals surface area contributed by atoms with Gasteiger partial charge in [0.2, 0.25) is 0 Å². The third kappa shape index (κ3) is 2.98. The summed E-state index contributed by atoms with van der Waals surface area (Å²) in [7, 11) is 0. The van der Waals surface area contributed by atoms with Crippen molar-refractivity contribution in [3.05, 3.63) is 0 Å². The largest absolute Gasteiger partial charge is 0.395 e. The summed E-state index contributed by atoms with van der Waals surface area (Å²) in [5.41, 5.74) is 0. The Morgan fingerprint density at radius 1 is 1.60 bits per heavy atom. The highest BCUT2D eigenvalue weighted by Crippen LogP contribution is 2.18. The van der Waals surface area contributed by atoms with Crippen LogP contribution < -0.4 is 10.6 Å². The summed E-state index contributed by atoms with van der Waals surface area (Å²) < 4.78 is 0. The van der Waals surface area contributed by atoms with E-state index < -0.39 is 0 Å². The van der Waals surface area contributed by atoms with Crippen LogP contribution in [-0.4, -0.2) is 29.4 Å². The van der Waals surface area contributed by atoms with Crippen molar-refractivity contribution < 1.29 is 5.11 Å². The zero-order chi connectivity index (χ0) is 7.40. The second-order valence-electron chi connectivity index (χ2n) is 2.40. The highest BCUT2D eigenvalue weighted by Gasteiger charge is 2.21. The summed E-state index contributed by atoms with van der Waals surface area (Å²) in [5, 5.41) is 15.1. The van der Waals surface area contributed by atoms with Crippen LogP contribution >= 0.6 is 12.2 Å². The average Bonchev–Trinajstić information content (AvgIpc) is 2.67. The first kappa shape index (κ1) is 7.75. The molecule has 0 aromatic heterocycles. The van der Waals surface area contributed by atoms with Crippen molar-refractivity contribution in [1.29, 1.82) is 0 Å². The lowest BCUT2D eigenvalue weighted by Gasteiger charge is -2.06. The SMILES string of the molecule is OCCNC(=S)NC1CC1. The molecule has 0 aromatic rings. The molecule has 0 aromatic carbocycles. The van der Waals surface area contributed by atoms with Gasteiger partial charge in [0.05, 0.1) is 6.61 Å². The summed E-state index contributed by atoms with van der Waals surface area (Å²) >= 11 is 4.90. The van der Waals surface area contributed by atoms with Crippen LogP contribution in [0.4, 0.5) is 0 Å². The Hall–Kier alpha value is -0.350. The first-order valence-corrected chi connectivity index (χ1v) is 3.89. The van der Waals surface area contributed by atoms with Gasteiger partial charge in [-0.25, -0.2) is 0 Å². The van der Waals surface area contributed by atoms with Gasteiger partial charge < -0.3 is 15.7 Å². The first-order valence-electron chi connectivity index (χ1n) is 3.48. The molecule has 1 fully saturated rings. The predicted octanol–water partition coefficient (Wildman–Crippen LogP) is -0.395. The quantitative estimate of drug-likeness (QED) is 0.492. The minimum atomic E-state index is 0.131. The number of hydrogen-bond donors (Lipinski definition) is 3. The van der Waals surface area contributed by atoms with E-state index in [1.54, 1.807) is 0 Å². The molecule has 0 spiro atoms. The molecule has 0 radical (unpaired) electrons. The highest BCUT2D eigenvalue weighted by atomic mass is 32.1. The number of thiocarbonyl (C=S) groups is 1. The number of aliphatic hydroxyl groups excluding tert-OH is 1. The summed E-state index contributed by atoms with van der Waals surface area (Å²) in [6.07, 6.45) is 2.45. The zero-order valence-electron chi connectivity index (χ0n) is 5.76. The molecule has 0 unspecified atom stereocenters. The van der Waals surface area contributed by atoms with Crippen molar-refractivity contribution in [2.24, 2.45) is 0 Å². The molecule has 0 aliphatic heterocycles. The van der Waals surface area contributed by atoms with E-state index in [9.17, 15) is 0 Å². The van der Waals surface area contributed by atoms with Crippen LogP contribution in [0.25, 0.3) is 0 Å². The third-order valence-corrected chi connectivity index (χ3v) is 1.57. The van der Waals surface area contributed by atoms with Crippen LogP contribution in [0.1, 0.15) is 12.8 Å².